The third-order valence-electron chi connectivity index (χ3n) is 8.68. The van der Waals surface area contributed by atoms with E-state index in [2.05, 4.69) is 39.9 Å². The maximum absolute atomic E-state index is 11.6. The molecule has 1 aromatic heterocycles. The van der Waals surface area contributed by atoms with Crippen LogP contribution in [-0.4, -0.2) is 40.9 Å². The van der Waals surface area contributed by atoms with E-state index >= 15 is 0 Å². The van der Waals surface area contributed by atoms with E-state index in [0.29, 0.717) is 41.8 Å². The topological polar surface area (TPSA) is 108 Å². The molecule has 0 spiro atoms. The van der Waals surface area contributed by atoms with Crippen LogP contribution in [-0.2, 0) is 20.4 Å². The first-order valence-electron chi connectivity index (χ1n) is 12.4. The van der Waals surface area contributed by atoms with Gasteiger partial charge in [-0.2, -0.15) is 5.26 Å². The third kappa shape index (κ3) is 3.27. The van der Waals surface area contributed by atoms with Gasteiger partial charge >= 0.3 is 0 Å². The van der Waals surface area contributed by atoms with Gasteiger partial charge in [0.25, 0.3) is 0 Å². The molecule has 190 valence electrons. The van der Waals surface area contributed by atoms with Crippen molar-refractivity contribution in [2.75, 3.05) is 6.61 Å². The molecule has 5 rings (SSSR count). The summed E-state index contributed by atoms with van der Waals surface area (Å²) >= 11 is 0. The van der Waals surface area contributed by atoms with Gasteiger partial charge in [0, 0.05) is 30.2 Å². The molecule has 3 heterocycles. The molecule has 0 amide bonds. The van der Waals surface area contributed by atoms with E-state index in [1.54, 1.807) is 19.1 Å². The van der Waals surface area contributed by atoms with Gasteiger partial charge in [0.05, 0.1) is 34.6 Å². The summed E-state index contributed by atoms with van der Waals surface area (Å²) in [6.07, 6.45) is -0.0796. The Kier molecular flexibility index (Phi) is 5.40. The second-order valence-electron chi connectivity index (χ2n) is 11.8. The van der Waals surface area contributed by atoms with Crippen LogP contribution in [0.25, 0.3) is 16.5 Å². The van der Waals surface area contributed by atoms with Gasteiger partial charge < -0.3 is 24.5 Å². The number of aliphatic hydroxyl groups is 1. The van der Waals surface area contributed by atoms with Crippen LogP contribution in [0.4, 0.5) is 0 Å². The average Bonchev–Trinajstić information content (AvgIpc) is 3.33. The van der Waals surface area contributed by atoms with Crippen molar-refractivity contribution in [3.8, 4) is 23.5 Å². The molecule has 2 aromatic carbocycles. The third-order valence-corrected chi connectivity index (χ3v) is 13.2. The fourth-order valence-electron chi connectivity index (χ4n) is 5.61. The van der Waals surface area contributed by atoms with Crippen LogP contribution in [0.5, 0.6) is 11.8 Å². The number of aromatic nitrogens is 1. The summed E-state index contributed by atoms with van der Waals surface area (Å²) in [5.74, 6) is -0.272. The first-order chi connectivity index (χ1) is 16.8. The molecule has 7 nitrogen and oxygen atoms in total. The molecule has 3 N–H and O–H groups in total. The molecule has 0 unspecified atom stereocenters. The molecule has 2 aliphatic rings. The molecule has 0 saturated carbocycles. The number of nitriles is 1. The number of ether oxygens (including phenoxy) is 1. The van der Waals surface area contributed by atoms with Gasteiger partial charge in [-0.15, -0.1) is 0 Å². The highest BCUT2D eigenvalue weighted by molar-refractivity contribution is 6.74. The van der Waals surface area contributed by atoms with Gasteiger partial charge in [-0.1, -0.05) is 45.0 Å². The molecule has 36 heavy (non-hydrogen) atoms. The molecule has 2 aliphatic heterocycles. The van der Waals surface area contributed by atoms with Crippen LogP contribution < -0.4 is 0 Å². The lowest BCUT2D eigenvalue weighted by Gasteiger charge is -2.37. The Balaban J connectivity index is 1.63. The first kappa shape index (κ1) is 24.8. The van der Waals surface area contributed by atoms with E-state index in [1.165, 1.54) is 4.57 Å². The second kappa shape index (κ2) is 7.83. The Bertz CT molecular complexity index is 1420. The van der Waals surface area contributed by atoms with E-state index in [-0.39, 0.29) is 16.8 Å². The van der Waals surface area contributed by atoms with Gasteiger partial charge in [0.1, 0.15) is 11.2 Å². The Morgan fingerprint density at radius 3 is 2.39 bits per heavy atom. The average molecular weight is 507 g/mol. The van der Waals surface area contributed by atoms with Crippen LogP contribution in [0.1, 0.15) is 57.2 Å². The fourth-order valence-corrected chi connectivity index (χ4v) is 6.66. The molecule has 2 bridgehead atoms. The van der Waals surface area contributed by atoms with Gasteiger partial charge in [0.15, 0.2) is 8.32 Å². The molecule has 0 radical (unpaired) electrons. The maximum atomic E-state index is 11.6. The number of aromatic hydroxyl groups is 2. The number of fused-ring (bicyclic) bond motifs is 6. The van der Waals surface area contributed by atoms with Gasteiger partial charge in [-0.3, -0.25) is 4.57 Å². The summed E-state index contributed by atoms with van der Waals surface area (Å²) < 4.78 is 14.3. The van der Waals surface area contributed by atoms with Gasteiger partial charge in [-0.25, -0.2) is 0 Å². The van der Waals surface area contributed by atoms with E-state index in [4.69, 9.17) is 9.16 Å². The minimum Gasteiger partial charge on any atom is -0.494 e. The molecule has 1 fully saturated rings. The predicted molar refractivity (Wildman–Crippen MR) is 140 cm³/mol. The van der Waals surface area contributed by atoms with Crippen molar-refractivity contribution in [3.63, 3.8) is 0 Å². The monoisotopic (exact) mass is 506 g/mol. The SMILES string of the molecule is CC(C)(C)[Si](C)(C)OCC[C@@]12C[C@@H](O)[C@@](C)(O1)c1c2c(O)n(-c2ccc(C#N)c3ccccc23)c1O. The van der Waals surface area contributed by atoms with Crippen molar-refractivity contribution < 1.29 is 24.5 Å². The van der Waals surface area contributed by atoms with Crippen LogP contribution in [0.3, 0.4) is 0 Å². The van der Waals surface area contributed by atoms with E-state index in [0.717, 1.165) is 10.8 Å². The van der Waals surface area contributed by atoms with Crippen LogP contribution in [0.15, 0.2) is 36.4 Å². The second-order valence-corrected chi connectivity index (χ2v) is 16.6. The smallest absolute Gasteiger partial charge is 0.205 e. The molecule has 3 atom stereocenters. The fraction of sp³-hybridized carbons (Fsp3) is 0.464. The highest BCUT2D eigenvalue weighted by atomic mass is 28.4. The van der Waals surface area contributed by atoms with Crippen molar-refractivity contribution in [1.29, 1.82) is 5.26 Å². The normalized spacial score (nSPS) is 25.3. The van der Waals surface area contributed by atoms with E-state index < -0.39 is 25.6 Å². The minimum absolute atomic E-state index is 0.0520. The molecule has 8 heteroatoms. The molecular formula is C28H34N2O5Si. The molecule has 1 saturated heterocycles. The Morgan fingerprint density at radius 2 is 1.75 bits per heavy atom. The van der Waals surface area contributed by atoms with Crippen LogP contribution in [0.2, 0.25) is 18.1 Å². The standard InChI is InChI=1S/C28H34N2O5Si/c1-26(2,3)36(5,6)34-14-13-28-15-21(31)27(4,35-28)22-23(28)25(33)30(24(22)32)20-12-11-17(16-29)18-9-7-8-10-19(18)20/h7-12,21,31-33H,13-15H2,1-6H3/t21-,27-,28+/m1/s1. The number of hydrogen-bond acceptors (Lipinski definition) is 6. The summed E-state index contributed by atoms with van der Waals surface area (Å²) in [7, 11) is -2.01. The van der Waals surface area contributed by atoms with Crippen molar-refractivity contribution in [2.45, 2.75) is 76.0 Å². The zero-order chi connectivity index (χ0) is 26.3. The van der Waals surface area contributed by atoms with Crippen molar-refractivity contribution >= 4 is 19.1 Å². The zero-order valence-electron chi connectivity index (χ0n) is 21.7. The quantitative estimate of drug-likeness (QED) is 0.393. The van der Waals surface area contributed by atoms with Crippen LogP contribution >= 0.6 is 0 Å². The number of nitrogens with zero attached hydrogens (tertiary/aromatic N) is 2. The van der Waals surface area contributed by atoms with E-state index in [9.17, 15) is 20.6 Å². The lowest BCUT2D eigenvalue weighted by atomic mass is 9.76. The lowest BCUT2D eigenvalue weighted by Crippen LogP contribution is -2.42. The molecular weight excluding hydrogens is 472 g/mol. The maximum Gasteiger partial charge on any atom is 0.205 e. The lowest BCUT2D eigenvalue weighted by molar-refractivity contribution is -0.107. The first-order valence-corrected chi connectivity index (χ1v) is 15.3. The predicted octanol–water partition coefficient (Wildman–Crippen LogP) is 5.53. The Labute approximate surface area is 212 Å². The summed E-state index contributed by atoms with van der Waals surface area (Å²) in [5.41, 5.74) is -0.125. The van der Waals surface area contributed by atoms with Crippen molar-refractivity contribution in [1.82, 2.24) is 4.57 Å². The Morgan fingerprint density at radius 1 is 1.11 bits per heavy atom. The number of benzene rings is 2. The largest absolute Gasteiger partial charge is 0.494 e. The van der Waals surface area contributed by atoms with Gasteiger partial charge in [-0.05, 0) is 37.2 Å². The molecule has 0 aliphatic carbocycles. The Hall–Kier alpha value is -2.83. The van der Waals surface area contributed by atoms with Gasteiger partial charge in [0.2, 0.25) is 11.8 Å². The summed E-state index contributed by atoms with van der Waals surface area (Å²) in [6, 6.07) is 13.0. The number of aliphatic hydroxyl groups excluding tert-OH is 1. The van der Waals surface area contributed by atoms with E-state index in [1.807, 2.05) is 24.3 Å². The summed E-state index contributed by atoms with van der Waals surface area (Å²) in [4.78, 5) is 0. The summed E-state index contributed by atoms with van der Waals surface area (Å²) in [5, 5.41) is 45.1. The number of hydrogen-bond donors (Lipinski definition) is 3. The summed E-state index contributed by atoms with van der Waals surface area (Å²) in [6.45, 7) is 13.1. The zero-order valence-corrected chi connectivity index (χ0v) is 22.7. The minimum atomic E-state index is -2.01. The highest BCUT2D eigenvalue weighted by Gasteiger charge is 2.66. The van der Waals surface area contributed by atoms with Crippen LogP contribution in [0, 0.1) is 11.3 Å². The van der Waals surface area contributed by atoms with Crippen molar-refractivity contribution in [2.24, 2.45) is 0 Å². The molecule has 3 aromatic rings. The highest BCUT2D eigenvalue weighted by Crippen LogP contribution is 2.65. The van der Waals surface area contributed by atoms with Crippen molar-refractivity contribution in [3.05, 3.63) is 53.1 Å². The number of rotatable bonds is 5.